The molecule has 3 aromatic rings. The Hall–Kier alpha value is -3.18. The normalized spacial score (nSPS) is 17.8. The van der Waals surface area contributed by atoms with Crippen LogP contribution in [0.15, 0.2) is 72.8 Å². The monoisotopic (exact) mass is 455 g/mol. The molecule has 2 saturated heterocycles. The second-order valence-electron chi connectivity index (χ2n) is 9.72. The quantitative estimate of drug-likeness (QED) is 0.568. The zero-order valence-corrected chi connectivity index (χ0v) is 19.6. The Morgan fingerprint density at radius 3 is 2.32 bits per heavy atom. The molecule has 0 aliphatic carbocycles. The Balaban J connectivity index is 1.24. The summed E-state index contributed by atoms with van der Waals surface area (Å²) >= 11 is 0. The number of rotatable bonds is 7. The van der Waals surface area contributed by atoms with Crippen LogP contribution < -0.4 is 10.6 Å². The number of nitrogens with one attached hydrogen (secondary N) is 2. The first kappa shape index (κ1) is 22.6. The molecule has 5 rings (SSSR count). The predicted molar refractivity (Wildman–Crippen MR) is 136 cm³/mol. The van der Waals surface area contributed by atoms with Gasteiger partial charge in [-0.1, -0.05) is 72.8 Å². The summed E-state index contributed by atoms with van der Waals surface area (Å²) in [6.45, 7) is 2.99. The van der Waals surface area contributed by atoms with E-state index in [9.17, 15) is 9.59 Å². The topological polar surface area (TPSA) is 61.4 Å². The lowest BCUT2D eigenvalue weighted by atomic mass is 9.89. The molecule has 0 spiro atoms. The molecule has 3 aromatic carbocycles. The number of piperidine rings is 1. The highest BCUT2D eigenvalue weighted by molar-refractivity contribution is 5.84. The van der Waals surface area contributed by atoms with Crippen molar-refractivity contribution in [1.29, 1.82) is 0 Å². The van der Waals surface area contributed by atoms with Gasteiger partial charge in [0.25, 0.3) is 0 Å². The molecule has 34 heavy (non-hydrogen) atoms. The number of carbonyl (C=O) groups is 2. The van der Waals surface area contributed by atoms with Gasteiger partial charge in [-0.05, 0) is 47.1 Å². The average Bonchev–Trinajstić information content (AvgIpc) is 2.83. The molecule has 0 unspecified atom stereocenters. The van der Waals surface area contributed by atoms with Crippen LogP contribution in [0, 0.1) is 5.92 Å². The molecule has 2 aliphatic heterocycles. The third kappa shape index (κ3) is 5.31. The summed E-state index contributed by atoms with van der Waals surface area (Å²) in [6.07, 6.45) is 2.98. The summed E-state index contributed by atoms with van der Waals surface area (Å²) in [5.41, 5.74) is 2.51. The van der Waals surface area contributed by atoms with Crippen LogP contribution in [-0.2, 0) is 16.0 Å². The molecule has 0 aromatic heterocycles. The lowest BCUT2D eigenvalue weighted by Crippen LogP contribution is -2.53. The van der Waals surface area contributed by atoms with Gasteiger partial charge in [-0.2, -0.15) is 0 Å². The fourth-order valence-electron chi connectivity index (χ4n) is 5.14. The summed E-state index contributed by atoms with van der Waals surface area (Å²) < 4.78 is 0. The van der Waals surface area contributed by atoms with Gasteiger partial charge in [-0.3, -0.25) is 9.59 Å². The summed E-state index contributed by atoms with van der Waals surface area (Å²) in [5.74, 6) is 0.727. The number of fused-ring (bicyclic) bond motifs is 1. The van der Waals surface area contributed by atoms with Crippen molar-refractivity contribution in [3.05, 3.63) is 83.9 Å². The Bertz CT molecular complexity index is 1130. The van der Waals surface area contributed by atoms with E-state index >= 15 is 0 Å². The molecule has 2 heterocycles. The van der Waals surface area contributed by atoms with E-state index in [1.807, 2.05) is 23.1 Å². The molecular weight excluding hydrogens is 422 g/mol. The van der Waals surface area contributed by atoms with Gasteiger partial charge in [-0.25, -0.2) is 0 Å². The Labute approximate surface area is 201 Å². The van der Waals surface area contributed by atoms with Crippen LogP contribution in [0.4, 0.5) is 0 Å². The van der Waals surface area contributed by atoms with Crippen molar-refractivity contribution in [3.8, 4) is 0 Å². The largest absolute Gasteiger partial charge is 0.352 e. The third-order valence-electron chi connectivity index (χ3n) is 7.33. The summed E-state index contributed by atoms with van der Waals surface area (Å²) in [5, 5.41) is 8.73. The van der Waals surface area contributed by atoms with Crippen molar-refractivity contribution >= 4 is 22.6 Å². The molecule has 1 atom stereocenters. The molecule has 2 N–H and O–H groups in total. The molecule has 176 valence electrons. The number of benzene rings is 3. The lowest BCUT2D eigenvalue weighted by Gasteiger charge is -2.34. The van der Waals surface area contributed by atoms with Crippen molar-refractivity contribution in [2.45, 2.75) is 37.6 Å². The van der Waals surface area contributed by atoms with Crippen molar-refractivity contribution in [2.75, 3.05) is 26.2 Å². The second kappa shape index (κ2) is 10.4. The number of hydrogen-bond acceptors (Lipinski definition) is 3. The standard InChI is InChI=1S/C29H33N3O2/c33-28(32-14-12-24(13-15-32)22-6-2-1-3-7-22)18-27(31-29(34)26-19-30-20-26)17-21-10-11-23-8-4-5-9-25(23)16-21/h1-11,16,24,26-27,30H,12-15,17-20H2,(H,31,34)/t27-/m0/s1. The molecule has 2 aliphatic rings. The van der Waals surface area contributed by atoms with E-state index in [2.05, 4.69) is 65.2 Å². The van der Waals surface area contributed by atoms with Crippen LogP contribution in [-0.4, -0.2) is 48.9 Å². The fraction of sp³-hybridized carbons (Fsp3) is 0.379. The summed E-state index contributed by atoms with van der Waals surface area (Å²) in [4.78, 5) is 28.0. The molecule has 2 amide bonds. The van der Waals surface area contributed by atoms with Crippen molar-refractivity contribution in [3.63, 3.8) is 0 Å². The molecule has 2 fully saturated rings. The third-order valence-corrected chi connectivity index (χ3v) is 7.33. The number of hydrogen-bond donors (Lipinski definition) is 2. The van der Waals surface area contributed by atoms with Crippen molar-refractivity contribution in [1.82, 2.24) is 15.5 Å². The maximum absolute atomic E-state index is 13.3. The SMILES string of the molecule is O=C(N[C@H](CC(=O)N1CCC(c2ccccc2)CC1)Cc1ccc2ccccc2c1)C1CNC1. The van der Waals surface area contributed by atoms with E-state index in [1.165, 1.54) is 16.3 Å². The van der Waals surface area contributed by atoms with Gasteiger partial charge in [0.15, 0.2) is 0 Å². The molecule has 0 bridgehead atoms. The van der Waals surface area contributed by atoms with E-state index in [4.69, 9.17) is 0 Å². The molecule has 0 radical (unpaired) electrons. The van der Waals surface area contributed by atoms with Gasteiger partial charge in [0.1, 0.15) is 0 Å². The van der Waals surface area contributed by atoms with E-state index in [0.717, 1.165) is 44.6 Å². The summed E-state index contributed by atoms with van der Waals surface area (Å²) in [6, 6.07) is 25.1. The van der Waals surface area contributed by atoms with Crippen LogP contribution in [0.3, 0.4) is 0 Å². The minimum Gasteiger partial charge on any atom is -0.352 e. The van der Waals surface area contributed by atoms with Gasteiger partial charge in [-0.15, -0.1) is 0 Å². The molecule has 5 heteroatoms. The van der Waals surface area contributed by atoms with E-state index in [-0.39, 0.29) is 23.8 Å². The first-order valence-electron chi connectivity index (χ1n) is 12.5. The average molecular weight is 456 g/mol. The molecular formula is C29H33N3O2. The number of carbonyl (C=O) groups excluding carboxylic acids is 2. The fourth-order valence-corrected chi connectivity index (χ4v) is 5.14. The highest BCUT2D eigenvalue weighted by Gasteiger charge is 2.29. The molecule has 0 saturated carbocycles. The van der Waals surface area contributed by atoms with Crippen molar-refractivity contribution < 1.29 is 9.59 Å². The van der Waals surface area contributed by atoms with Gasteiger partial charge < -0.3 is 15.5 Å². The minimum atomic E-state index is -0.200. The van der Waals surface area contributed by atoms with Crippen molar-refractivity contribution in [2.24, 2.45) is 5.92 Å². The number of nitrogens with zero attached hydrogens (tertiary/aromatic N) is 1. The highest BCUT2D eigenvalue weighted by Crippen LogP contribution is 2.28. The van der Waals surface area contributed by atoms with Crippen LogP contribution >= 0.6 is 0 Å². The minimum absolute atomic E-state index is 0.0100. The van der Waals surface area contributed by atoms with E-state index in [1.54, 1.807) is 0 Å². The van der Waals surface area contributed by atoms with Gasteiger partial charge in [0, 0.05) is 38.6 Å². The number of amides is 2. The van der Waals surface area contributed by atoms with Crippen LogP contribution in [0.5, 0.6) is 0 Å². The van der Waals surface area contributed by atoms with Gasteiger partial charge in [0.2, 0.25) is 11.8 Å². The van der Waals surface area contributed by atoms with Gasteiger partial charge >= 0.3 is 0 Å². The first-order chi connectivity index (χ1) is 16.7. The maximum atomic E-state index is 13.3. The van der Waals surface area contributed by atoms with E-state index in [0.29, 0.717) is 18.8 Å². The predicted octanol–water partition coefficient (Wildman–Crippen LogP) is 3.88. The summed E-state index contributed by atoms with van der Waals surface area (Å²) in [7, 11) is 0. The van der Waals surface area contributed by atoms with Crippen LogP contribution in [0.2, 0.25) is 0 Å². The van der Waals surface area contributed by atoms with Crippen LogP contribution in [0.25, 0.3) is 10.8 Å². The maximum Gasteiger partial charge on any atom is 0.225 e. The Kier molecular flexibility index (Phi) is 6.91. The lowest BCUT2D eigenvalue weighted by molar-refractivity contribution is -0.133. The Morgan fingerprint density at radius 1 is 0.912 bits per heavy atom. The zero-order chi connectivity index (χ0) is 23.3. The first-order valence-corrected chi connectivity index (χ1v) is 12.5. The number of likely N-dealkylation sites (tertiary alicyclic amines) is 1. The van der Waals surface area contributed by atoms with Crippen LogP contribution in [0.1, 0.15) is 36.3 Å². The smallest absolute Gasteiger partial charge is 0.225 e. The van der Waals surface area contributed by atoms with Gasteiger partial charge in [0.05, 0.1) is 5.92 Å². The Morgan fingerprint density at radius 2 is 1.62 bits per heavy atom. The van der Waals surface area contributed by atoms with E-state index < -0.39 is 0 Å². The zero-order valence-electron chi connectivity index (χ0n) is 19.6. The second-order valence-corrected chi connectivity index (χ2v) is 9.72. The molecule has 5 nitrogen and oxygen atoms in total. The highest BCUT2D eigenvalue weighted by atomic mass is 16.2.